The first kappa shape index (κ1) is 13.7. The minimum absolute atomic E-state index is 0.288. The molecule has 1 unspecified atom stereocenters. The van der Waals surface area contributed by atoms with Crippen molar-refractivity contribution in [3.05, 3.63) is 6.33 Å². The largest absolute Gasteiger partial charge is 0.384 e. The number of nitrogens with one attached hydrogen (secondary N) is 1. The molecule has 2 rings (SSSR count). The van der Waals surface area contributed by atoms with Crippen LogP contribution in [0.25, 0.3) is 11.2 Å². The van der Waals surface area contributed by atoms with Gasteiger partial charge in [-0.05, 0) is 19.8 Å². The summed E-state index contributed by atoms with van der Waals surface area (Å²) in [6.45, 7) is 7.62. The van der Waals surface area contributed by atoms with Gasteiger partial charge in [-0.15, -0.1) is 5.10 Å². The Bertz CT molecular complexity index is 538. The first-order valence-electron chi connectivity index (χ1n) is 6.41. The van der Waals surface area contributed by atoms with Crippen LogP contribution < -0.4 is 5.32 Å². The van der Waals surface area contributed by atoms with Crippen LogP contribution in [-0.4, -0.2) is 44.7 Å². The van der Waals surface area contributed by atoms with E-state index in [1.165, 1.54) is 6.33 Å². The average molecular weight is 264 g/mol. The molecular formula is C12H20N6O. The molecule has 0 aliphatic rings. The summed E-state index contributed by atoms with van der Waals surface area (Å²) in [5.74, 6) is 1.08. The van der Waals surface area contributed by atoms with Crippen molar-refractivity contribution >= 4 is 17.0 Å². The number of fused-ring (bicyclic) bond motifs is 1. The van der Waals surface area contributed by atoms with Crippen molar-refractivity contribution in [1.82, 2.24) is 25.0 Å². The minimum atomic E-state index is 0.288. The number of anilines is 1. The molecule has 1 N–H and O–H groups in total. The number of hydrogen-bond acceptors (Lipinski definition) is 6. The fourth-order valence-corrected chi connectivity index (χ4v) is 1.93. The number of ether oxygens (including phenoxy) is 1. The highest BCUT2D eigenvalue weighted by molar-refractivity contribution is 5.81. The van der Waals surface area contributed by atoms with Crippen molar-refractivity contribution < 1.29 is 4.74 Å². The Morgan fingerprint density at radius 3 is 2.79 bits per heavy atom. The van der Waals surface area contributed by atoms with Crippen molar-refractivity contribution in [1.29, 1.82) is 0 Å². The average Bonchev–Trinajstić information content (AvgIpc) is 2.73. The minimum Gasteiger partial charge on any atom is -0.384 e. The molecule has 7 nitrogen and oxygen atoms in total. The third-order valence-electron chi connectivity index (χ3n) is 2.66. The van der Waals surface area contributed by atoms with E-state index in [0.717, 1.165) is 18.0 Å². The van der Waals surface area contributed by atoms with Gasteiger partial charge in [0.25, 0.3) is 0 Å². The lowest BCUT2D eigenvalue weighted by Gasteiger charge is -2.10. The van der Waals surface area contributed by atoms with Crippen LogP contribution in [0.15, 0.2) is 6.33 Å². The highest BCUT2D eigenvalue weighted by Crippen LogP contribution is 2.17. The first-order chi connectivity index (χ1) is 9.11. The summed E-state index contributed by atoms with van der Waals surface area (Å²) in [6.07, 6.45) is 1.54. The Kier molecular flexibility index (Phi) is 4.26. The fraction of sp³-hybridized carbons (Fsp3) is 0.667. The molecule has 0 radical (unpaired) electrons. The van der Waals surface area contributed by atoms with E-state index < -0.39 is 0 Å². The van der Waals surface area contributed by atoms with Gasteiger partial charge in [0.05, 0.1) is 6.61 Å². The lowest BCUT2D eigenvalue weighted by molar-refractivity contribution is 0.149. The Morgan fingerprint density at radius 1 is 1.32 bits per heavy atom. The van der Waals surface area contributed by atoms with Crippen molar-refractivity contribution in [3.63, 3.8) is 0 Å². The molecule has 2 aromatic heterocycles. The molecule has 1 atom stereocenters. The second kappa shape index (κ2) is 5.92. The maximum Gasteiger partial charge on any atom is 0.183 e. The standard InChI is InChI=1S/C12H20N6O/c1-8(2)15-11-10-12(14-7-13-11)18(17-16-10)5-9(3)6-19-4/h7-9H,5-6H2,1-4H3,(H,13,14,15). The zero-order valence-electron chi connectivity index (χ0n) is 11.8. The van der Waals surface area contributed by atoms with Crippen LogP contribution in [0.3, 0.4) is 0 Å². The molecule has 0 amide bonds. The molecule has 7 heteroatoms. The SMILES string of the molecule is COCC(C)Cn1nnc2c(NC(C)C)ncnc21. The Hall–Kier alpha value is -1.76. The number of methoxy groups -OCH3 is 1. The molecular weight excluding hydrogens is 244 g/mol. The molecule has 0 saturated heterocycles. The molecule has 19 heavy (non-hydrogen) atoms. The van der Waals surface area contributed by atoms with Crippen LogP contribution in [0.2, 0.25) is 0 Å². The van der Waals surface area contributed by atoms with E-state index in [1.807, 2.05) is 0 Å². The van der Waals surface area contributed by atoms with Gasteiger partial charge in [-0.25, -0.2) is 14.6 Å². The van der Waals surface area contributed by atoms with E-state index in [4.69, 9.17) is 4.74 Å². The molecule has 0 fully saturated rings. The zero-order valence-corrected chi connectivity index (χ0v) is 11.8. The fourth-order valence-electron chi connectivity index (χ4n) is 1.93. The molecule has 0 aliphatic carbocycles. The van der Waals surface area contributed by atoms with E-state index >= 15 is 0 Å². The second-order valence-corrected chi connectivity index (χ2v) is 5.03. The van der Waals surface area contributed by atoms with Crippen LogP contribution in [0.5, 0.6) is 0 Å². The summed E-state index contributed by atoms with van der Waals surface area (Å²) in [7, 11) is 1.70. The first-order valence-corrected chi connectivity index (χ1v) is 6.41. The van der Waals surface area contributed by atoms with Gasteiger partial charge in [-0.1, -0.05) is 12.1 Å². The lowest BCUT2D eigenvalue weighted by atomic mass is 10.2. The topological polar surface area (TPSA) is 77.8 Å². The van der Waals surface area contributed by atoms with Gasteiger partial charge >= 0.3 is 0 Å². The highest BCUT2D eigenvalue weighted by atomic mass is 16.5. The van der Waals surface area contributed by atoms with E-state index in [1.54, 1.807) is 11.8 Å². The monoisotopic (exact) mass is 264 g/mol. The predicted molar refractivity (Wildman–Crippen MR) is 72.9 cm³/mol. The van der Waals surface area contributed by atoms with Crippen molar-refractivity contribution in [2.45, 2.75) is 33.4 Å². The van der Waals surface area contributed by atoms with Crippen LogP contribution in [0.4, 0.5) is 5.82 Å². The summed E-state index contributed by atoms with van der Waals surface area (Å²) >= 11 is 0. The number of nitrogens with zero attached hydrogens (tertiary/aromatic N) is 5. The van der Waals surface area contributed by atoms with E-state index in [-0.39, 0.29) is 6.04 Å². The summed E-state index contributed by atoms with van der Waals surface area (Å²) < 4.78 is 6.93. The van der Waals surface area contributed by atoms with E-state index in [0.29, 0.717) is 18.0 Å². The molecule has 0 aromatic carbocycles. The van der Waals surface area contributed by atoms with Crippen LogP contribution >= 0.6 is 0 Å². The smallest absolute Gasteiger partial charge is 0.183 e. The highest BCUT2D eigenvalue weighted by Gasteiger charge is 2.14. The quantitative estimate of drug-likeness (QED) is 0.848. The molecule has 104 valence electrons. The molecule has 0 spiro atoms. The Balaban J connectivity index is 2.28. The van der Waals surface area contributed by atoms with Crippen LogP contribution in [0, 0.1) is 5.92 Å². The summed E-state index contributed by atoms with van der Waals surface area (Å²) in [6, 6.07) is 0.288. The van der Waals surface area contributed by atoms with E-state index in [2.05, 4.69) is 46.4 Å². The zero-order chi connectivity index (χ0) is 13.8. The van der Waals surface area contributed by atoms with Gasteiger partial charge in [0.15, 0.2) is 17.0 Å². The Morgan fingerprint density at radius 2 is 2.11 bits per heavy atom. The molecule has 0 aliphatic heterocycles. The number of aromatic nitrogens is 5. The van der Waals surface area contributed by atoms with Gasteiger partial charge < -0.3 is 10.1 Å². The van der Waals surface area contributed by atoms with Gasteiger partial charge in [-0.3, -0.25) is 0 Å². The molecule has 2 heterocycles. The van der Waals surface area contributed by atoms with Crippen LogP contribution in [-0.2, 0) is 11.3 Å². The van der Waals surface area contributed by atoms with Gasteiger partial charge in [0, 0.05) is 19.7 Å². The van der Waals surface area contributed by atoms with Crippen molar-refractivity contribution in [3.8, 4) is 0 Å². The van der Waals surface area contributed by atoms with Gasteiger partial charge in [-0.2, -0.15) is 0 Å². The van der Waals surface area contributed by atoms with E-state index in [9.17, 15) is 0 Å². The Labute approximate surface area is 112 Å². The number of hydrogen-bond donors (Lipinski definition) is 1. The third-order valence-corrected chi connectivity index (χ3v) is 2.66. The third kappa shape index (κ3) is 3.17. The maximum atomic E-state index is 5.13. The van der Waals surface area contributed by atoms with Crippen molar-refractivity contribution in [2.24, 2.45) is 5.92 Å². The molecule has 0 bridgehead atoms. The normalized spacial score (nSPS) is 13.1. The lowest BCUT2D eigenvalue weighted by Crippen LogP contribution is -2.14. The summed E-state index contributed by atoms with van der Waals surface area (Å²) in [4.78, 5) is 8.48. The molecule has 2 aromatic rings. The summed E-state index contributed by atoms with van der Waals surface area (Å²) in [5.41, 5.74) is 1.46. The van der Waals surface area contributed by atoms with Crippen molar-refractivity contribution in [2.75, 3.05) is 19.0 Å². The number of rotatable bonds is 6. The molecule has 0 saturated carbocycles. The van der Waals surface area contributed by atoms with Crippen LogP contribution in [0.1, 0.15) is 20.8 Å². The van der Waals surface area contributed by atoms with Gasteiger partial charge in [0.2, 0.25) is 0 Å². The maximum absolute atomic E-state index is 5.13. The summed E-state index contributed by atoms with van der Waals surface area (Å²) in [5, 5.41) is 11.6. The second-order valence-electron chi connectivity index (χ2n) is 5.03. The predicted octanol–water partition coefficient (Wildman–Crippen LogP) is 1.32. The van der Waals surface area contributed by atoms with Gasteiger partial charge in [0.1, 0.15) is 6.33 Å².